The van der Waals surface area contributed by atoms with Crippen molar-refractivity contribution in [1.82, 2.24) is 4.90 Å². The smallest absolute Gasteiger partial charge is 0.307 e. The predicted molar refractivity (Wildman–Crippen MR) is 79.7 cm³/mol. The van der Waals surface area contributed by atoms with Crippen LogP contribution < -0.4 is 0 Å². The second-order valence-corrected chi connectivity index (χ2v) is 6.78. The third kappa shape index (κ3) is 2.85. The molecule has 1 amide bonds. The topological polar surface area (TPSA) is 57.6 Å². The van der Waals surface area contributed by atoms with Crippen molar-refractivity contribution in [2.24, 2.45) is 17.8 Å². The van der Waals surface area contributed by atoms with Gasteiger partial charge >= 0.3 is 5.97 Å². The Morgan fingerprint density at radius 3 is 2.29 bits per heavy atom. The van der Waals surface area contributed by atoms with Gasteiger partial charge in [0.05, 0.1) is 11.8 Å². The number of carboxylic acids is 1. The molecular weight excluding hydrogens is 266 g/mol. The van der Waals surface area contributed by atoms with Crippen LogP contribution in [0.5, 0.6) is 0 Å². The number of carbonyl (C=O) groups is 2. The molecule has 116 valence electrons. The van der Waals surface area contributed by atoms with Gasteiger partial charge < -0.3 is 10.0 Å². The predicted octanol–water partition coefficient (Wildman–Crippen LogP) is 2.83. The summed E-state index contributed by atoms with van der Waals surface area (Å²) in [5, 5.41) is 9.37. The second-order valence-electron chi connectivity index (χ2n) is 6.78. The average molecular weight is 291 g/mol. The molecule has 0 radical (unpaired) electrons. The highest BCUT2D eigenvalue weighted by molar-refractivity contribution is 5.85. The number of hydrogen-bond acceptors (Lipinski definition) is 2. The number of aliphatic carboxylic acids is 1. The van der Waals surface area contributed by atoms with Crippen molar-refractivity contribution < 1.29 is 14.7 Å². The Morgan fingerprint density at radius 1 is 0.952 bits per heavy atom. The molecule has 0 aromatic rings. The largest absolute Gasteiger partial charge is 0.481 e. The molecule has 1 saturated heterocycles. The fourth-order valence-corrected chi connectivity index (χ4v) is 4.47. The number of hydrogen-bond donors (Lipinski definition) is 1. The first-order chi connectivity index (χ1) is 10.2. The Morgan fingerprint density at radius 2 is 1.62 bits per heavy atom. The lowest BCUT2D eigenvalue weighted by atomic mass is 9.81. The number of amides is 1. The first-order valence-electron chi connectivity index (χ1n) is 8.36. The third-order valence-corrected chi connectivity index (χ3v) is 5.59. The highest BCUT2D eigenvalue weighted by Crippen LogP contribution is 2.37. The van der Waals surface area contributed by atoms with Crippen LogP contribution in [0.15, 0.2) is 12.2 Å². The van der Waals surface area contributed by atoms with E-state index < -0.39 is 11.9 Å². The number of carboxylic acid groups (broad SMARTS) is 1. The van der Waals surface area contributed by atoms with E-state index in [4.69, 9.17) is 0 Å². The summed E-state index contributed by atoms with van der Waals surface area (Å²) in [5.74, 6) is -0.962. The van der Waals surface area contributed by atoms with E-state index in [1.165, 1.54) is 25.7 Å². The summed E-state index contributed by atoms with van der Waals surface area (Å²) in [5.41, 5.74) is 0. The highest BCUT2D eigenvalue weighted by Gasteiger charge is 2.42. The Balaban J connectivity index is 1.73. The summed E-state index contributed by atoms with van der Waals surface area (Å²) >= 11 is 0. The van der Waals surface area contributed by atoms with Gasteiger partial charge in [0.15, 0.2) is 0 Å². The van der Waals surface area contributed by atoms with Crippen molar-refractivity contribution in [1.29, 1.82) is 0 Å². The van der Waals surface area contributed by atoms with E-state index >= 15 is 0 Å². The second kappa shape index (κ2) is 6.20. The van der Waals surface area contributed by atoms with Crippen LogP contribution in [0.2, 0.25) is 0 Å². The average Bonchev–Trinajstić information content (AvgIpc) is 3.16. The van der Waals surface area contributed by atoms with Crippen molar-refractivity contribution in [3.8, 4) is 0 Å². The minimum Gasteiger partial charge on any atom is -0.481 e. The van der Waals surface area contributed by atoms with Crippen LogP contribution in [0.4, 0.5) is 0 Å². The lowest BCUT2D eigenvalue weighted by Crippen LogP contribution is -2.46. The third-order valence-electron chi connectivity index (χ3n) is 5.59. The Kier molecular flexibility index (Phi) is 4.32. The van der Waals surface area contributed by atoms with Gasteiger partial charge in [0, 0.05) is 12.6 Å². The fraction of sp³-hybridized carbons (Fsp3) is 0.765. The molecule has 2 fully saturated rings. The molecular formula is C17H25NO3. The number of rotatable bonds is 3. The van der Waals surface area contributed by atoms with Crippen LogP contribution in [0, 0.1) is 17.8 Å². The molecule has 1 saturated carbocycles. The molecule has 0 aromatic heterocycles. The molecule has 1 aliphatic heterocycles. The summed E-state index contributed by atoms with van der Waals surface area (Å²) < 4.78 is 0. The lowest BCUT2D eigenvalue weighted by Gasteiger charge is -2.34. The Labute approximate surface area is 126 Å². The highest BCUT2D eigenvalue weighted by atomic mass is 16.4. The van der Waals surface area contributed by atoms with Crippen molar-refractivity contribution >= 4 is 11.9 Å². The first kappa shape index (κ1) is 14.6. The van der Waals surface area contributed by atoms with Crippen LogP contribution in [-0.4, -0.2) is 34.5 Å². The minimum absolute atomic E-state index is 0.0983. The first-order valence-corrected chi connectivity index (χ1v) is 8.36. The van der Waals surface area contributed by atoms with E-state index in [1.807, 2.05) is 17.1 Å². The van der Waals surface area contributed by atoms with E-state index in [1.54, 1.807) is 0 Å². The van der Waals surface area contributed by atoms with Gasteiger partial charge in [-0.2, -0.15) is 0 Å². The quantitative estimate of drug-likeness (QED) is 0.813. The summed E-state index contributed by atoms with van der Waals surface area (Å²) in [7, 11) is 0. The van der Waals surface area contributed by atoms with Gasteiger partial charge in [-0.25, -0.2) is 0 Å². The van der Waals surface area contributed by atoms with E-state index in [0.29, 0.717) is 24.8 Å². The van der Waals surface area contributed by atoms with Gasteiger partial charge in [-0.15, -0.1) is 0 Å². The molecule has 4 heteroatoms. The summed E-state index contributed by atoms with van der Waals surface area (Å²) in [6.07, 6.45) is 12.2. The van der Waals surface area contributed by atoms with E-state index in [9.17, 15) is 14.7 Å². The van der Waals surface area contributed by atoms with Crippen LogP contribution in [0.3, 0.4) is 0 Å². The van der Waals surface area contributed by atoms with Crippen LogP contribution in [-0.2, 0) is 9.59 Å². The van der Waals surface area contributed by atoms with Gasteiger partial charge in [-0.1, -0.05) is 25.0 Å². The van der Waals surface area contributed by atoms with E-state index in [-0.39, 0.29) is 11.8 Å². The van der Waals surface area contributed by atoms with Crippen LogP contribution in [0.25, 0.3) is 0 Å². The zero-order valence-corrected chi connectivity index (χ0v) is 12.5. The number of nitrogens with zero attached hydrogens (tertiary/aromatic N) is 1. The molecule has 3 rings (SSSR count). The SMILES string of the molecule is O=C(O)C1CC=CCC1C(=O)N1CCCC1C1CCCC1. The zero-order chi connectivity index (χ0) is 14.8. The molecule has 3 atom stereocenters. The summed E-state index contributed by atoms with van der Waals surface area (Å²) in [6.45, 7) is 0.826. The standard InChI is InChI=1S/C17H25NO3/c19-16(13-8-3-4-9-14(13)17(20)21)18-11-5-10-15(18)12-6-1-2-7-12/h3-4,12-15H,1-2,5-11H2,(H,20,21). The maximum Gasteiger partial charge on any atom is 0.307 e. The number of likely N-dealkylation sites (tertiary alicyclic amines) is 1. The van der Waals surface area contributed by atoms with Crippen molar-refractivity contribution in [2.75, 3.05) is 6.54 Å². The summed E-state index contributed by atoms with van der Waals surface area (Å²) in [6, 6.07) is 0.375. The van der Waals surface area contributed by atoms with Gasteiger partial charge in [-0.05, 0) is 44.4 Å². The zero-order valence-electron chi connectivity index (χ0n) is 12.5. The lowest BCUT2D eigenvalue weighted by molar-refractivity contribution is -0.151. The van der Waals surface area contributed by atoms with E-state index in [0.717, 1.165) is 19.4 Å². The summed E-state index contributed by atoms with van der Waals surface area (Å²) in [4.78, 5) is 26.4. The Bertz CT molecular complexity index is 439. The molecule has 0 bridgehead atoms. The van der Waals surface area contributed by atoms with Crippen LogP contribution >= 0.6 is 0 Å². The van der Waals surface area contributed by atoms with Crippen LogP contribution in [0.1, 0.15) is 51.4 Å². The minimum atomic E-state index is -0.825. The molecule has 3 aliphatic rings. The monoisotopic (exact) mass is 291 g/mol. The normalized spacial score (nSPS) is 33.5. The molecule has 4 nitrogen and oxygen atoms in total. The van der Waals surface area contributed by atoms with E-state index in [2.05, 4.69) is 0 Å². The van der Waals surface area contributed by atoms with Crippen molar-refractivity contribution in [3.05, 3.63) is 12.2 Å². The molecule has 2 aliphatic carbocycles. The molecule has 1 N–H and O–H groups in total. The molecule has 0 aromatic carbocycles. The Hall–Kier alpha value is -1.32. The van der Waals surface area contributed by atoms with Crippen molar-refractivity contribution in [3.63, 3.8) is 0 Å². The molecule has 0 spiro atoms. The van der Waals surface area contributed by atoms with Gasteiger partial charge in [0.25, 0.3) is 0 Å². The maximum atomic E-state index is 12.9. The molecule has 21 heavy (non-hydrogen) atoms. The molecule has 3 unspecified atom stereocenters. The van der Waals surface area contributed by atoms with Crippen molar-refractivity contribution in [2.45, 2.75) is 57.4 Å². The van der Waals surface area contributed by atoms with Gasteiger partial charge in [-0.3, -0.25) is 9.59 Å². The fourth-order valence-electron chi connectivity index (χ4n) is 4.47. The number of carbonyl (C=O) groups excluding carboxylic acids is 1. The van der Waals surface area contributed by atoms with Gasteiger partial charge in [0.2, 0.25) is 5.91 Å². The maximum absolute atomic E-state index is 12.9. The van der Waals surface area contributed by atoms with Gasteiger partial charge in [0.1, 0.15) is 0 Å². The number of allylic oxidation sites excluding steroid dienone is 2. The molecule has 1 heterocycles.